The van der Waals surface area contributed by atoms with Crippen molar-refractivity contribution in [2.24, 2.45) is 0 Å². The second-order valence-electron chi connectivity index (χ2n) is 4.83. The summed E-state index contributed by atoms with van der Waals surface area (Å²) in [7, 11) is 0. The lowest BCUT2D eigenvalue weighted by Crippen LogP contribution is -2.51. The smallest absolute Gasteiger partial charge is 0.326 e. The zero-order chi connectivity index (χ0) is 14.5. The zero-order valence-electron chi connectivity index (χ0n) is 11.0. The lowest BCUT2D eigenvalue weighted by atomic mass is 10.0. The molecule has 5 nitrogen and oxygen atoms in total. The highest BCUT2D eigenvalue weighted by Gasteiger charge is 2.31. The number of carboxylic acids is 1. The molecule has 0 aliphatic carbocycles. The molecule has 6 heteroatoms. The van der Waals surface area contributed by atoms with Crippen LogP contribution in [0.1, 0.15) is 24.8 Å². The molecule has 1 heterocycles. The summed E-state index contributed by atoms with van der Waals surface area (Å²) in [6.45, 7) is 0.703. The first-order chi connectivity index (χ1) is 9.58. The van der Waals surface area contributed by atoms with Gasteiger partial charge in [-0.25, -0.2) is 14.0 Å². The van der Waals surface area contributed by atoms with Crippen LogP contribution in [0, 0.1) is 5.82 Å². The van der Waals surface area contributed by atoms with Gasteiger partial charge in [0.25, 0.3) is 0 Å². The molecule has 2 amide bonds. The molecule has 0 spiro atoms. The number of nitrogens with zero attached hydrogens (tertiary/aromatic N) is 1. The third kappa shape index (κ3) is 3.46. The van der Waals surface area contributed by atoms with Crippen molar-refractivity contribution < 1.29 is 19.1 Å². The van der Waals surface area contributed by atoms with E-state index in [9.17, 15) is 14.0 Å². The van der Waals surface area contributed by atoms with Crippen LogP contribution in [-0.4, -0.2) is 34.6 Å². The Kier molecular flexibility index (Phi) is 4.55. The number of amides is 2. The van der Waals surface area contributed by atoms with Gasteiger partial charge >= 0.3 is 12.0 Å². The van der Waals surface area contributed by atoms with E-state index in [1.54, 1.807) is 12.1 Å². The van der Waals surface area contributed by atoms with Crippen molar-refractivity contribution in [2.45, 2.75) is 31.8 Å². The summed E-state index contributed by atoms with van der Waals surface area (Å²) >= 11 is 0. The standard InChI is InChI=1S/C14H17FN2O3/c15-11-6-4-10(5-7-11)9-16-14(20)17-8-2-1-3-12(17)13(18)19/h4-7,12H,1-3,8-9H2,(H,16,20)(H,18,19). The average molecular weight is 280 g/mol. The fourth-order valence-corrected chi connectivity index (χ4v) is 2.31. The van der Waals surface area contributed by atoms with E-state index in [1.165, 1.54) is 17.0 Å². The summed E-state index contributed by atoms with van der Waals surface area (Å²) < 4.78 is 12.8. The Balaban J connectivity index is 1.93. The number of piperidine rings is 1. The molecule has 2 rings (SSSR count). The van der Waals surface area contributed by atoms with Gasteiger partial charge < -0.3 is 15.3 Å². The number of hydrogen-bond acceptors (Lipinski definition) is 2. The molecule has 0 bridgehead atoms. The quantitative estimate of drug-likeness (QED) is 0.889. The minimum absolute atomic E-state index is 0.252. The third-order valence-corrected chi connectivity index (χ3v) is 3.41. The predicted molar refractivity (Wildman–Crippen MR) is 70.6 cm³/mol. The number of aliphatic carboxylic acids is 1. The fourth-order valence-electron chi connectivity index (χ4n) is 2.31. The number of likely N-dealkylation sites (tertiary alicyclic amines) is 1. The summed E-state index contributed by atoms with van der Waals surface area (Å²) in [6, 6.07) is 4.67. The highest BCUT2D eigenvalue weighted by molar-refractivity contribution is 5.82. The molecular weight excluding hydrogens is 263 g/mol. The van der Waals surface area contributed by atoms with E-state index in [0.717, 1.165) is 18.4 Å². The van der Waals surface area contributed by atoms with Gasteiger partial charge in [0, 0.05) is 13.1 Å². The van der Waals surface area contributed by atoms with Gasteiger partial charge in [0.2, 0.25) is 0 Å². The van der Waals surface area contributed by atoms with Gasteiger partial charge in [-0.1, -0.05) is 12.1 Å². The van der Waals surface area contributed by atoms with E-state index in [0.29, 0.717) is 13.0 Å². The molecule has 1 aliphatic heterocycles. The van der Waals surface area contributed by atoms with Crippen molar-refractivity contribution in [3.8, 4) is 0 Å². The van der Waals surface area contributed by atoms with Gasteiger partial charge in [-0.3, -0.25) is 0 Å². The Labute approximate surface area is 116 Å². The zero-order valence-corrected chi connectivity index (χ0v) is 11.0. The number of halogens is 1. The van der Waals surface area contributed by atoms with Crippen molar-refractivity contribution in [3.63, 3.8) is 0 Å². The van der Waals surface area contributed by atoms with Crippen molar-refractivity contribution in [3.05, 3.63) is 35.6 Å². The van der Waals surface area contributed by atoms with E-state index < -0.39 is 12.0 Å². The summed E-state index contributed by atoms with van der Waals surface area (Å²) in [4.78, 5) is 24.5. The Hall–Kier alpha value is -2.11. The summed E-state index contributed by atoms with van der Waals surface area (Å²) in [5.74, 6) is -1.30. The van der Waals surface area contributed by atoms with Crippen LogP contribution in [0.3, 0.4) is 0 Å². The summed E-state index contributed by atoms with van der Waals surface area (Å²) in [5, 5.41) is 11.8. The van der Waals surface area contributed by atoms with Crippen LogP contribution in [0.4, 0.5) is 9.18 Å². The molecule has 1 saturated heterocycles. The number of benzene rings is 1. The van der Waals surface area contributed by atoms with E-state index >= 15 is 0 Å². The van der Waals surface area contributed by atoms with Crippen LogP contribution < -0.4 is 5.32 Å². The van der Waals surface area contributed by atoms with E-state index in [-0.39, 0.29) is 18.4 Å². The van der Waals surface area contributed by atoms with Crippen LogP contribution in [0.25, 0.3) is 0 Å². The topological polar surface area (TPSA) is 69.6 Å². The molecule has 108 valence electrons. The van der Waals surface area contributed by atoms with Crippen LogP contribution in [0.15, 0.2) is 24.3 Å². The normalized spacial score (nSPS) is 18.6. The summed E-state index contributed by atoms with van der Waals surface area (Å²) in [5.41, 5.74) is 0.767. The molecule has 20 heavy (non-hydrogen) atoms. The molecule has 1 unspecified atom stereocenters. The average Bonchev–Trinajstić information content (AvgIpc) is 2.46. The Morgan fingerprint density at radius 3 is 2.65 bits per heavy atom. The number of carbonyl (C=O) groups is 2. The van der Waals surface area contributed by atoms with Gasteiger partial charge in [-0.05, 0) is 37.0 Å². The maximum atomic E-state index is 12.8. The molecule has 0 saturated carbocycles. The van der Waals surface area contributed by atoms with Crippen molar-refractivity contribution in [1.82, 2.24) is 10.2 Å². The van der Waals surface area contributed by atoms with Crippen LogP contribution in [0.2, 0.25) is 0 Å². The Morgan fingerprint density at radius 1 is 1.30 bits per heavy atom. The molecule has 0 radical (unpaired) electrons. The highest BCUT2D eigenvalue weighted by atomic mass is 19.1. The SMILES string of the molecule is O=C(O)C1CCCCN1C(=O)NCc1ccc(F)cc1. The number of carboxylic acid groups (broad SMARTS) is 1. The first-order valence-corrected chi connectivity index (χ1v) is 6.59. The van der Waals surface area contributed by atoms with Crippen molar-refractivity contribution in [2.75, 3.05) is 6.54 Å². The maximum Gasteiger partial charge on any atom is 0.326 e. The van der Waals surface area contributed by atoms with Crippen LogP contribution >= 0.6 is 0 Å². The molecule has 1 atom stereocenters. The van der Waals surface area contributed by atoms with Crippen LogP contribution in [0.5, 0.6) is 0 Å². The van der Waals surface area contributed by atoms with Gasteiger partial charge in [0.1, 0.15) is 11.9 Å². The van der Waals surface area contributed by atoms with Gasteiger partial charge in [-0.2, -0.15) is 0 Å². The lowest BCUT2D eigenvalue weighted by Gasteiger charge is -2.32. The maximum absolute atomic E-state index is 12.8. The number of urea groups is 1. The molecule has 2 N–H and O–H groups in total. The van der Waals surface area contributed by atoms with Crippen molar-refractivity contribution in [1.29, 1.82) is 0 Å². The predicted octanol–water partition coefficient (Wildman–Crippen LogP) is 1.97. The van der Waals surface area contributed by atoms with E-state index in [4.69, 9.17) is 5.11 Å². The molecule has 0 aromatic heterocycles. The number of carbonyl (C=O) groups excluding carboxylic acids is 1. The van der Waals surface area contributed by atoms with Gasteiger partial charge in [-0.15, -0.1) is 0 Å². The van der Waals surface area contributed by atoms with Crippen molar-refractivity contribution >= 4 is 12.0 Å². The molecule has 1 aromatic rings. The van der Waals surface area contributed by atoms with Crippen LogP contribution in [-0.2, 0) is 11.3 Å². The minimum atomic E-state index is -0.971. The highest BCUT2D eigenvalue weighted by Crippen LogP contribution is 2.17. The first kappa shape index (κ1) is 14.3. The molecule has 1 aliphatic rings. The first-order valence-electron chi connectivity index (χ1n) is 6.59. The largest absolute Gasteiger partial charge is 0.480 e. The van der Waals surface area contributed by atoms with E-state index in [2.05, 4.69) is 5.32 Å². The fraction of sp³-hybridized carbons (Fsp3) is 0.429. The van der Waals surface area contributed by atoms with Gasteiger partial charge in [0.15, 0.2) is 0 Å². The Morgan fingerprint density at radius 2 is 2.00 bits per heavy atom. The molecular formula is C14H17FN2O3. The Bertz CT molecular complexity index is 490. The van der Waals surface area contributed by atoms with Gasteiger partial charge in [0.05, 0.1) is 0 Å². The summed E-state index contributed by atoms with van der Waals surface area (Å²) in [6.07, 6.45) is 2.12. The third-order valence-electron chi connectivity index (χ3n) is 3.41. The molecule has 1 fully saturated rings. The number of nitrogens with one attached hydrogen (secondary N) is 1. The second kappa shape index (κ2) is 6.36. The second-order valence-corrected chi connectivity index (χ2v) is 4.83. The number of hydrogen-bond donors (Lipinski definition) is 2. The van der Waals surface area contributed by atoms with E-state index in [1.807, 2.05) is 0 Å². The molecule has 1 aromatic carbocycles. The number of rotatable bonds is 3. The monoisotopic (exact) mass is 280 g/mol. The lowest BCUT2D eigenvalue weighted by molar-refractivity contribution is -0.143. The minimum Gasteiger partial charge on any atom is -0.480 e.